The van der Waals surface area contributed by atoms with Gasteiger partial charge >= 0.3 is 0 Å². The van der Waals surface area contributed by atoms with Gasteiger partial charge in [0.2, 0.25) is 5.91 Å². The first kappa shape index (κ1) is 20.0. The molecule has 2 heterocycles. The van der Waals surface area contributed by atoms with E-state index in [4.69, 9.17) is 10.5 Å². The number of piperazine rings is 1. The molecule has 21 heavy (non-hydrogen) atoms. The van der Waals surface area contributed by atoms with E-state index < -0.39 is 6.04 Å². The van der Waals surface area contributed by atoms with Crippen LogP contribution in [0.4, 0.5) is 5.69 Å². The molecule has 1 aromatic heterocycles. The summed E-state index contributed by atoms with van der Waals surface area (Å²) in [6, 6.07) is -0.560. The number of amides is 1. The summed E-state index contributed by atoms with van der Waals surface area (Å²) in [6.07, 6.45) is 3.82. The normalized spacial score (nSPS) is 16.0. The summed E-state index contributed by atoms with van der Waals surface area (Å²) >= 11 is 0. The summed E-state index contributed by atoms with van der Waals surface area (Å²) in [5, 5.41) is 4.16. The Morgan fingerprint density at radius 3 is 2.48 bits per heavy atom. The van der Waals surface area contributed by atoms with Crippen molar-refractivity contribution in [3.8, 4) is 0 Å². The molecule has 2 rings (SSSR count). The largest absolute Gasteiger partial charge is 0.383 e. The van der Waals surface area contributed by atoms with Crippen molar-refractivity contribution in [3.63, 3.8) is 0 Å². The monoisotopic (exact) mass is 339 g/mol. The molecule has 9 heteroatoms. The second-order valence-corrected chi connectivity index (χ2v) is 4.75. The van der Waals surface area contributed by atoms with Gasteiger partial charge in [0.05, 0.1) is 18.5 Å². The quantitative estimate of drug-likeness (QED) is 0.827. The molecule has 1 fully saturated rings. The van der Waals surface area contributed by atoms with Gasteiger partial charge in [0.15, 0.2) is 0 Å². The molecular formula is C12H23Cl2N5O2. The number of hydrogen-bond acceptors (Lipinski definition) is 5. The van der Waals surface area contributed by atoms with Crippen molar-refractivity contribution < 1.29 is 9.53 Å². The van der Waals surface area contributed by atoms with E-state index in [0.29, 0.717) is 13.1 Å². The molecule has 0 saturated carbocycles. The molecule has 1 aliphatic rings. The Balaban J connectivity index is 0.00000200. The van der Waals surface area contributed by atoms with Crippen molar-refractivity contribution in [2.45, 2.75) is 6.04 Å². The topological polar surface area (TPSA) is 76.6 Å². The molecule has 0 spiro atoms. The molecule has 1 unspecified atom stereocenters. The van der Waals surface area contributed by atoms with Gasteiger partial charge in [0, 0.05) is 46.5 Å². The smallest absolute Gasteiger partial charge is 0.241 e. The Hall–Kier alpha value is -1.02. The minimum absolute atomic E-state index is 0. The molecule has 1 atom stereocenters. The Morgan fingerprint density at radius 1 is 1.38 bits per heavy atom. The summed E-state index contributed by atoms with van der Waals surface area (Å²) in [4.78, 5) is 16.0. The van der Waals surface area contributed by atoms with E-state index in [1.165, 1.54) is 0 Å². The molecule has 1 saturated heterocycles. The molecule has 122 valence electrons. The number of methoxy groups -OCH3 is 1. The predicted molar refractivity (Wildman–Crippen MR) is 86.3 cm³/mol. The third kappa shape index (κ3) is 5.03. The molecule has 7 nitrogen and oxygen atoms in total. The third-order valence-corrected chi connectivity index (χ3v) is 3.31. The number of nitrogens with zero attached hydrogens (tertiary/aromatic N) is 4. The van der Waals surface area contributed by atoms with E-state index in [1.807, 2.05) is 19.4 Å². The lowest BCUT2D eigenvalue weighted by atomic mass is 10.2. The highest BCUT2D eigenvalue weighted by molar-refractivity contribution is 5.85. The average Bonchev–Trinajstić information content (AvgIpc) is 2.85. The van der Waals surface area contributed by atoms with E-state index in [0.717, 1.165) is 18.8 Å². The van der Waals surface area contributed by atoms with Gasteiger partial charge in [0.25, 0.3) is 0 Å². The molecule has 1 aromatic rings. The fourth-order valence-electron chi connectivity index (χ4n) is 2.24. The number of carbonyl (C=O) groups is 1. The van der Waals surface area contributed by atoms with Crippen LogP contribution in [-0.4, -0.2) is 66.5 Å². The first-order valence-electron chi connectivity index (χ1n) is 6.38. The van der Waals surface area contributed by atoms with Gasteiger partial charge < -0.3 is 20.3 Å². The van der Waals surface area contributed by atoms with Crippen LogP contribution < -0.4 is 10.6 Å². The van der Waals surface area contributed by atoms with Crippen LogP contribution in [0.1, 0.15) is 0 Å². The summed E-state index contributed by atoms with van der Waals surface area (Å²) in [7, 11) is 3.44. The van der Waals surface area contributed by atoms with Crippen molar-refractivity contribution in [2.75, 3.05) is 44.8 Å². The third-order valence-electron chi connectivity index (χ3n) is 3.31. The predicted octanol–water partition coefficient (Wildman–Crippen LogP) is -0.114. The number of aromatic nitrogens is 2. The van der Waals surface area contributed by atoms with E-state index in [9.17, 15) is 4.79 Å². The van der Waals surface area contributed by atoms with Crippen LogP contribution in [0.25, 0.3) is 0 Å². The van der Waals surface area contributed by atoms with Gasteiger partial charge in [0.1, 0.15) is 6.04 Å². The van der Waals surface area contributed by atoms with Crippen LogP contribution in [0.3, 0.4) is 0 Å². The van der Waals surface area contributed by atoms with Gasteiger partial charge in [-0.25, -0.2) is 0 Å². The zero-order chi connectivity index (χ0) is 13.8. The van der Waals surface area contributed by atoms with E-state index >= 15 is 0 Å². The highest BCUT2D eigenvalue weighted by Gasteiger charge is 2.25. The number of halogens is 2. The van der Waals surface area contributed by atoms with Crippen LogP contribution in [0, 0.1) is 0 Å². The van der Waals surface area contributed by atoms with Crippen LogP contribution in [0.5, 0.6) is 0 Å². The number of carbonyl (C=O) groups excluding carboxylic acids is 1. The molecular weight excluding hydrogens is 317 g/mol. The van der Waals surface area contributed by atoms with Crippen LogP contribution in [-0.2, 0) is 16.6 Å². The summed E-state index contributed by atoms with van der Waals surface area (Å²) < 4.78 is 6.69. The lowest BCUT2D eigenvalue weighted by Crippen LogP contribution is -2.54. The zero-order valence-electron chi connectivity index (χ0n) is 12.3. The molecule has 0 bridgehead atoms. The van der Waals surface area contributed by atoms with Crippen LogP contribution in [0.15, 0.2) is 12.4 Å². The summed E-state index contributed by atoms with van der Waals surface area (Å²) in [6.45, 7) is 3.24. The van der Waals surface area contributed by atoms with Gasteiger partial charge in [-0.2, -0.15) is 5.10 Å². The van der Waals surface area contributed by atoms with Crippen molar-refractivity contribution >= 4 is 36.4 Å². The van der Waals surface area contributed by atoms with E-state index in [1.54, 1.807) is 16.7 Å². The van der Waals surface area contributed by atoms with Gasteiger partial charge in [-0.3, -0.25) is 9.48 Å². The zero-order valence-corrected chi connectivity index (χ0v) is 13.9. The second-order valence-electron chi connectivity index (χ2n) is 4.75. The van der Waals surface area contributed by atoms with Crippen LogP contribution in [0.2, 0.25) is 0 Å². The van der Waals surface area contributed by atoms with Crippen LogP contribution >= 0.6 is 24.8 Å². The summed E-state index contributed by atoms with van der Waals surface area (Å²) in [5.74, 6) is -0.0345. The maximum Gasteiger partial charge on any atom is 0.241 e. The van der Waals surface area contributed by atoms with Gasteiger partial charge in [-0.05, 0) is 0 Å². The van der Waals surface area contributed by atoms with Crippen molar-refractivity contribution in [1.82, 2.24) is 14.7 Å². The molecule has 1 amide bonds. The highest BCUT2D eigenvalue weighted by atomic mass is 35.5. The second kappa shape index (κ2) is 9.09. The van der Waals surface area contributed by atoms with Crippen molar-refractivity contribution in [1.29, 1.82) is 0 Å². The number of hydrogen-bond donors (Lipinski definition) is 1. The Bertz CT molecular complexity index is 435. The molecule has 0 radical (unpaired) electrons. The Kier molecular flexibility index (Phi) is 8.65. The lowest BCUT2D eigenvalue weighted by molar-refractivity contribution is -0.134. The molecule has 1 aliphatic heterocycles. The first-order chi connectivity index (χ1) is 9.11. The standard InChI is InChI=1S/C12H21N5O2.2ClH/c1-15-8-10(7-14-15)16-3-5-17(6-4-16)12(18)11(13)9-19-2;;/h7-8,11H,3-6,9,13H2,1-2H3;2*1H. The lowest BCUT2D eigenvalue weighted by Gasteiger charge is -2.36. The fraction of sp³-hybridized carbons (Fsp3) is 0.667. The molecule has 0 aromatic carbocycles. The van der Waals surface area contributed by atoms with Crippen molar-refractivity contribution in [3.05, 3.63) is 12.4 Å². The average molecular weight is 340 g/mol. The Labute approximate surface area is 137 Å². The minimum Gasteiger partial charge on any atom is -0.383 e. The van der Waals surface area contributed by atoms with Gasteiger partial charge in [-0.1, -0.05) is 0 Å². The number of rotatable bonds is 4. The number of anilines is 1. The highest BCUT2D eigenvalue weighted by Crippen LogP contribution is 2.15. The maximum atomic E-state index is 12.0. The molecule has 2 N–H and O–H groups in total. The fourth-order valence-corrected chi connectivity index (χ4v) is 2.24. The first-order valence-corrected chi connectivity index (χ1v) is 6.38. The minimum atomic E-state index is -0.560. The van der Waals surface area contributed by atoms with Crippen molar-refractivity contribution in [2.24, 2.45) is 12.8 Å². The van der Waals surface area contributed by atoms with E-state index in [-0.39, 0.29) is 37.3 Å². The number of ether oxygens (including phenoxy) is 1. The van der Waals surface area contributed by atoms with E-state index in [2.05, 4.69) is 10.00 Å². The SMILES string of the molecule is COCC(N)C(=O)N1CCN(c2cnn(C)c2)CC1.Cl.Cl. The maximum absolute atomic E-state index is 12.0. The van der Waals surface area contributed by atoms with Gasteiger partial charge in [-0.15, -0.1) is 24.8 Å². The Morgan fingerprint density at radius 2 is 2.00 bits per heavy atom. The number of nitrogens with two attached hydrogens (primary N) is 1. The molecule has 0 aliphatic carbocycles. The summed E-state index contributed by atoms with van der Waals surface area (Å²) in [5.41, 5.74) is 6.86. The number of aryl methyl sites for hydroxylation is 1.